The Morgan fingerprint density at radius 2 is 2.10 bits per heavy atom. The predicted octanol–water partition coefficient (Wildman–Crippen LogP) is 3.10. The van der Waals surface area contributed by atoms with E-state index in [1.165, 1.54) is 45.2 Å². The molecule has 2 saturated heterocycles. The summed E-state index contributed by atoms with van der Waals surface area (Å²) in [7, 11) is 0.0597. The molecule has 2 bridgehead atoms. The molecule has 3 aliphatic carbocycles. The maximum absolute atomic E-state index is 6.47. The molecule has 2 aliphatic heterocycles. The first-order valence-corrected chi connectivity index (χ1v) is 9.04. The van der Waals surface area contributed by atoms with E-state index in [2.05, 4.69) is 26.1 Å². The molecule has 5 aliphatic rings. The summed E-state index contributed by atoms with van der Waals surface area (Å²) in [6, 6.07) is 0. The van der Waals surface area contributed by atoms with E-state index < -0.39 is 0 Å². The minimum atomic E-state index is -0.0160. The molecule has 0 amide bonds. The number of hydrogen-bond acceptors (Lipinski definition) is 3. The molecular weight excluding hydrogens is 261 g/mol. The Hall–Kier alpha value is -0.0551. The van der Waals surface area contributed by atoms with E-state index in [1.807, 2.05) is 0 Å². The van der Waals surface area contributed by atoms with E-state index in [9.17, 15) is 0 Å². The summed E-state index contributed by atoms with van der Waals surface area (Å²) in [6.45, 7) is 9.60. The van der Waals surface area contributed by atoms with Gasteiger partial charge in [-0.2, -0.15) is 0 Å². The quantitative estimate of drug-likeness (QED) is 0.807. The molecule has 5 rings (SSSR count). The van der Waals surface area contributed by atoms with E-state index in [4.69, 9.17) is 9.31 Å². The standard InChI is InChI=1S/C17H30BNO2/c1-16(2)13-9-14(16)17(3)15(10-13)20-18(21-17)7-4-5-12-6-8-19-11-12/h12-15,19H,4-11H2,1-3H3. The third-order valence-corrected chi connectivity index (χ3v) is 7.22. The molecule has 4 heteroatoms. The molecular formula is C17H30BNO2. The summed E-state index contributed by atoms with van der Waals surface area (Å²) in [5.41, 5.74) is 0.441. The molecule has 118 valence electrons. The summed E-state index contributed by atoms with van der Waals surface area (Å²) in [6.07, 6.45) is 7.93. The Balaban J connectivity index is 1.32. The van der Waals surface area contributed by atoms with Gasteiger partial charge < -0.3 is 14.6 Å². The maximum Gasteiger partial charge on any atom is 0.457 e. The Labute approximate surface area is 129 Å². The summed E-state index contributed by atoms with van der Waals surface area (Å²) < 4.78 is 12.8. The Kier molecular flexibility index (Phi) is 3.44. The van der Waals surface area contributed by atoms with Gasteiger partial charge in [0, 0.05) is 0 Å². The van der Waals surface area contributed by atoms with Crippen LogP contribution in [-0.2, 0) is 9.31 Å². The van der Waals surface area contributed by atoms with Crippen LogP contribution in [0.1, 0.15) is 52.9 Å². The van der Waals surface area contributed by atoms with Crippen molar-refractivity contribution in [1.82, 2.24) is 5.32 Å². The van der Waals surface area contributed by atoms with Crippen molar-refractivity contribution in [2.45, 2.75) is 70.9 Å². The molecule has 3 nitrogen and oxygen atoms in total. The van der Waals surface area contributed by atoms with Gasteiger partial charge in [0.2, 0.25) is 0 Å². The summed E-state index contributed by atoms with van der Waals surface area (Å²) in [5, 5.41) is 3.46. The smallest absolute Gasteiger partial charge is 0.405 e. The van der Waals surface area contributed by atoms with Gasteiger partial charge in [-0.25, -0.2) is 0 Å². The highest BCUT2D eigenvalue weighted by Crippen LogP contribution is 2.65. The van der Waals surface area contributed by atoms with Crippen LogP contribution in [0.2, 0.25) is 6.32 Å². The Morgan fingerprint density at radius 3 is 2.81 bits per heavy atom. The molecule has 5 fully saturated rings. The van der Waals surface area contributed by atoms with Crippen molar-refractivity contribution in [3.63, 3.8) is 0 Å². The lowest BCUT2D eigenvalue weighted by Crippen LogP contribution is -2.65. The van der Waals surface area contributed by atoms with Crippen LogP contribution in [-0.4, -0.2) is 31.9 Å². The van der Waals surface area contributed by atoms with Crippen molar-refractivity contribution in [2.24, 2.45) is 23.2 Å². The number of rotatable bonds is 4. The third kappa shape index (κ3) is 2.21. The van der Waals surface area contributed by atoms with Crippen molar-refractivity contribution < 1.29 is 9.31 Å². The van der Waals surface area contributed by atoms with Gasteiger partial charge in [0.1, 0.15) is 0 Å². The van der Waals surface area contributed by atoms with Gasteiger partial charge in [0.05, 0.1) is 11.7 Å². The van der Waals surface area contributed by atoms with E-state index in [0.717, 1.165) is 18.2 Å². The van der Waals surface area contributed by atoms with Gasteiger partial charge in [0.25, 0.3) is 0 Å². The van der Waals surface area contributed by atoms with Gasteiger partial charge in [-0.1, -0.05) is 20.3 Å². The number of hydrogen-bond donors (Lipinski definition) is 1. The lowest BCUT2D eigenvalue weighted by Gasteiger charge is -2.64. The third-order valence-electron chi connectivity index (χ3n) is 7.22. The topological polar surface area (TPSA) is 30.5 Å². The molecule has 0 radical (unpaired) electrons. The zero-order valence-electron chi connectivity index (χ0n) is 13.9. The molecule has 1 N–H and O–H groups in total. The second-order valence-electron chi connectivity index (χ2n) is 8.69. The monoisotopic (exact) mass is 291 g/mol. The molecule has 0 spiro atoms. The first-order valence-electron chi connectivity index (χ1n) is 9.04. The van der Waals surface area contributed by atoms with Crippen molar-refractivity contribution in [1.29, 1.82) is 0 Å². The van der Waals surface area contributed by atoms with Crippen LogP contribution in [0.4, 0.5) is 0 Å². The Morgan fingerprint density at radius 1 is 1.24 bits per heavy atom. The average molecular weight is 291 g/mol. The molecule has 5 atom stereocenters. The maximum atomic E-state index is 6.47. The molecule has 21 heavy (non-hydrogen) atoms. The van der Waals surface area contributed by atoms with Gasteiger partial charge in [-0.3, -0.25) is 0 Å². The minimum absolute atomic E-state index is 0.0160. The van der Waals surface area contributed by atoms with E-state index >= 15 is 0 Å². The van der Waals surface area contributed by atoms with E-state index in [-0.39, 0.29) is 12.7 Å². The molecule has 2 heterocycles. The summed E-state index contributed by atoms with van der Waals surface area (Å²) >= 11 is 0. The first kappa shape index (κ1) is 14.5. The van der Waals surface area contributed by atoms with E-state index in [0.29, 0.717) is 17.4 Å². The van der Waals surface area contributed by atoms with Gasteiger partial charge in [-0.05, 0) is 75.2 Å². The highest BCUT2D eigenvalue weighted by Gasteiger charge is 2.67. The largest absolute Gasteiger partial charge is 0.457 e. The lowest BCUT2D eigenvalue weighted by molar-refractivity contribution is -0.199. The van der Waals surface area contributed by atoms with Crippen molar-refractivity contribution in [3.05, 3.63) is 0 Å². The highest BCUT2D eigenvalue weighted by atomic mass is 16.7. The van der Waals surface area contributed by atoms with Crippen LogP contribution in [0.25, 0.3) is 0 Å². The zero-order chi connectivity index (χ0) is 14.7. The van der Waals surface area contributed by atoms with Crippen LogP contribution < -0.4 is 5.32 Å². The fraction of sp³-hybridized carbons (Fsp3) is 1.00. The van der Waals surface area contributed by atoms with Crippen LogP contribution in [0, 0.1) is 23.2 Å². The fourth-order valence-corrected chi connectivity index (χ4v) is 5.61. The Bertz CT molecular complexity index is 410. The normalized spacial score (nSPS) is 47.3. The molecule has 0 aromatic carbocycles. The fourth-order valence-electron chi connectivity index (χ4n) is 5.61. The predicted molar refractivity (Wildman–Crippen MR) is 85.1 cm³/mol. The highest BCUT2D eigenvalue weighted by molar-refractivity contribution is 6.45. The van der Waals surface area contributed by atoms with Crippen LogP contribution in [0.3, 0.4) is 0 Å². The second kappa shape index (κ2) is 4.97. The van der Waals surface area contributed by atoms with Gasteiger partial charge >= 0.3 is 7.12 Å². The van der Waals surface area contributed by atoms with Gasteiger partial charge in [0.15, 0.2) is 0 Å². The van der Waals surface area contributed by atoms with E-state index in [1.54, 1.807) is 0 Å². The molecule has 0 aromatic rings. The van der Waals surface area contributed by atoms with Crippen LogP contribution in [0.15, 0.2) is 0 Å². The lowest BCUT2D eigenvalue weighted by atomic mass is 9.43. The SMILES string of the molecule is CC1(C)C2CC3OB(CCCC4CCNC4)OC3(C)C1C2. The van der Waals surface area contributed by atoms with Gasteiger partial charge in [-0.15, -0.1) is 0 Å². The molecule has 0 aromatic heterocycles. The second-order valence-corrected chi connectivity index (χ2v) is 8.69. The zero-order valence-corrected chi connectivity index (χ0v) is 13.9. The van der Waals surface area contributed by atoms with Crippen molar-refractivity contribution in [2.75, 3.05) is 13.1 Å². The summed E-state index contributed by atoms with van der Waals surface area (Å²) in [4.78, 5) is 0. The number of nitrogens with one attached hydrogen (secondary N) is 1. The minimum Gasteiger partial charge on any atom is -0.405 e. The van der Waals surface area contributed by atoms with Crippen molar-refractivity contribution >= 4 is 7.12 Å². The molecule has 3 saturated carbocycles. The van der Waals surface area contributed by atoms with Crippen molar-refractivity contribution in [3.8, 4) is 0 Å². The summed E-state index contributed by atoms with van der Waals surface area (Å²) in [5.74, 6) is 2.43. The molecule has 5 unspecified atom stereocenters. The average Bonchev–Trinajstić information content (AvgIpc) is 3.04. The van der Waals surface area contributed by atoms with Crippen LogP contribution in [0.5, 0.6) is 0 Å². The first-order chi connectivity index (χ1) is 10.00. The van der Waals surface area contributed by atoms with Crippen LogP contribution >= 0.6 is 0 Å².